The second-order valence-corrected chi connectivity index (χ2v) is 10.2. The predicted molar refractivity (Wildman–Crippen MR) is 91.1 cm³/mol. The summed E-state index contributed by atoms with van der Waals surface area (Å²) in [6.07, 6.45) is 12.7. The van der Waals surface area contributed by atoms with Gasteiger partial charge in [0.05, 0.1) is 19.3 Å². The summed E-state index contributed by atoms with van der Waals surface area (Å²) < 4.78 is 11.7. The van der Waals surface area contributed by atoms with Crippen molar-refractivity contribution in [3.63, 3.8) is 0 Å². The molecule has 0 N–H and O–H groups in total. The second-order valence-electron chi connectivity index (χ2n) is 10.2. The van der Waals surface area contributed by atoms with Gasteiger partial charge in [-0.15, -0.1) is 0 Å². The molecule has 0 spiro atoms. The van der Waals surface area contributed by atoms with Gasteiger partial charge in [0.25, 0.3) is 0 Å². The average molecular weight is 319 g/mol. The van der Waals surface area contributed by atoms with Crippen molar-refractivity contribution in [2.24, 2.45) is 40.9 Å². The molecule has 0 radical (unpaired) electrons. The van der Waals surface area contributed by atoms with Crippen LogP contribution in [0.15, 0.2) is 0 Å². The fraction of sp³-hybridized carbons (Fsp3) is 1.00. The highest BCUT2D eigenvalue weighted by atomic mass is 16.6. The van der Waals surface area contributed by atoms with Gasteiger partial charge in [0.1, 0.15) is 6.10 Å². The lowest BCUT2D eigenvalue weighted by Crippen LogP contribution is -2.39. The molecule has 130 valence electrons. The lowest BCUT2D eigenvalue weighted by atomic mass is 9.66. The van der Waals surface area contributed by atoms with Gasteiger partial charge in [0.2, 0.25) is 0 Å². The van der Waals surface area contributed by atoms with Crippen LogP contribution in [0.4, 0.5) is 0 Å². The maximum Gasteiger partial charge on any atom is 0.104 e. The number of ether oxygens (including phenoxy) is 2. The summed E-state index contributed by atoms with van der Waals surface area (Å²) >= 11 is 0. The first-order valence-electron chi connectivity index (χ1n) is 10.3. The average Bonchev–Trinajstić information content (AvgIpc) is 3.04. The summed E-state index contributed by atoms with van der Waals surface area (Å²) in [5.74, 6) is 6.09. The third kappa shape index (κ3) is 2.68. The maximum atomic E-state index is 6.37. The minimum absolute atomic E-state index is 0.428. The molecule has 5 aliphatic rings. The van der Waals surface area contributed by atoms with Crippen molar-refractivity contribution < 1.29 is 9.47 Å². The van der Waals surface area contributed by atoms with Gasteiger partial charge in [0.15, 0.2) is 0 Å². The van der Waals surface area contributed by atoms with E-state index in [0.29, 0.717) is 17.6 Å². The van der Waals surface area contributed by atoms with Gasteiger partial charge in [-0.1, -0.05) is 26.7 Å². The van der Waals surface area contributed by atoms with Gasteiger partial charge >= 0.3 is 0 Å². The number of hydrogen-bond acceptors (Lipinski definition) is 2. The van der Waals surface area contributed by atoms with Crippen molar-refractivity contribution in [2.45, 2.75) is 77.4 Å². The second kappa shape index (κ2) is 5.46. The Bertz CT molecular complexity index is 455. The lowest BCUT2D eigenvalue weighted by molar-refractivity contribution is -0.0516. The Hall–Kier alpha value is -0.0800. The van der Waals surface area contributed by atoms with E-state index < -0.39 is 0 Å². The van der Waals surface area contributed by atoms with Gasteiger partial charge < -0.3 is 9.47 Å². The zero-order valence-electron chi connectivity index (χ0n) is 15.0. The Morgan fingerprint density at radius 1 is 0.913 bits per heavy atom. The van der Waals surface area contributed by atoms with Crippen LogP contribution >= 0.6 is 0 Å². The zero-order valence-corrected chi connectivity index (χ0v) is 15.0. The minimum atomic E-state index is 0.428. The molecule has 0 aromatic carbocycles. The molecule has 0 amide bonds. The summed E-state index contributed by atoms with van der Waals surface area (Å²) in [5.41, 5.74) is 0.618. The molecule has 0 aromatic heterocycles. The van der Waals surface area contributed by atoms with Crippen molar-refractivity contribution in [1.29, 1.82) is 0 Å². The van der Waals surface area contributed by atoms with Gasteiger partial charge in [-0.25, -0.2) is 0 Å². The zero-order chi connectivity index (χ0) is 15.6. The van der Waals surface area contributed by atoms with Gasteiger partial charge in [-0.05, 0) is 79.4 Å². The van der Waals surface area contributed by atoms with E-state index in [2.05, 4.69) is 13.8 Å². The SMILES string of the molecule is CC1(C)CC2C3CC(C4CCCCC4OCC4CO4)C(C3)C2C1. The van der Waals surface area contributed by atoms with E-state index in [9.17, 15) is 0 Å². The first-order valence-corrected chi connectivity index (χ1v) is 10.3. The van der Waals surface area contributed by atoms with Crippen LogP contribution in [0, 0.1) is 40.9 Å². The quantitative estimate of drug-likeness (QED) is 0.703. The van der Waals surface area contributed by atoms with Gasteiger partial charge in [-0.3, -0.25) is 0 Å². The minimum Gasteiger partial charge on any atom is -0.375 e. The van der Waals surface area contributed by atoms with E-state index in [1.165, 1.54) is 44.9 Å². The molecule has 2 bridgehead atoms. The van der Waals surface area contributed by atoms with Crippen LogP contribution in [0.3, 0.4) is 0 Å². The first kappa shape index (κ1) is 15.2. The molecule has 2 nitrogen and oxygen atoms in total. The van der Waals surface area contributed by atoms with E-state index in [1.54, 1.807) is 6.42 Å². The smallest absolute Gasteiger partial charge is 0.104 e. The van der Waals surface area contributed by atoms with Crippen LogP contribution < -0.4 is 0 Å². The molecule has 5 fully saturated rings. The fourth-order valence-corrected chi connectivity index (χ4v) is 7.34. The van der Waals surface area contributed by atoms with Crippen LogP contribution in [-0.2, 0) is 9.47 Å². The Morgan fingerprint density at radius 3 is 2.39 bits per heavy atom. The topological polar surface area (TPSA) is 21.8 Å². The van der Waals surface area contributed by atoms with Crippen LogP contribution in [0.5, 0.6) is 0 Å². The van der Waals surface area contributed by atoms with Gasteiger partial charge in [-0.2, -0.15) is 0 Å². The van der Waals surface area contributed by atoms with E-state index in [1.807, 2.05) is 0 Å². The van der Waals surface area contributed by atoms with E-state index >= 15 is 0 Å². The molecular formula is C21H34O2. The number of fused-ring (bicyclic) bond motifs is 5. The number of epoxide rings is 1. The molecule has 1 aliphatic heterocycles. The van der Waals surface area contributed by atoms with Crippen LogP contribution in [-0.4, -0.2) is 25.4 Å². The highest BCUT2D eigenvalue weighted by Gasteiger charge is 2.59. The van der Waals surface area contributed by atoms with Crippen LogP contribution in [0.1, 0.15) is 65.2 Å². The molecular weight excluding hydrogens is 284 g/mol. The highest BCUT2D eigenvalue weighted by Crippen LogP contribution is 2.66. The molecule has 5 rings (SSSR count). The summed E-state index contributed by atoms with van der Waals surface area (Å²) in [5, 5.41) is 0. The Balaban J connectivity index is 1.29. The molecule has 8 unspecified atom stereocenters. The van der Waals surface area contributed by atoms with Crippen molar-refractivity contribution in [3.8, 4) is 0 Å². The van der Waals surface area contributed by atoms with E-state index in [-0.39, 0.29) is 0 Å². The summed E-state index contributed by atoms with van der Waals surface area (Å²) in [7, 11) is 0. The molecule has 4 saturated carbocycles. The molecule has 1 heterocycles. The molecule has 0 aromatic rings. The standard InChI is InChI=1S/C21H34O2/c1-21(2)9-18-13-7-16(17(8-13)19(18)10-21)15-5-3-4-6-20(15)23-12-14-11-22-14/h13-20H,3-12H2,1-2H3. The molecule has 2 heteroatoms. The van der Waals surface area contributed by atoms with E-state index in [0.717, 1.165) is 48.7 Å². The summed E-state index contributed by atoms with van der Waals surface area (Å²) in [6, 6.07) is 0. The summed E-state index contributed by atoms with van der Waals surface area (Å²) in [4.78, 5) is 0. The predicted octanol–water partition coefficient (Wildman–Crippen LogP) is 4.67. The summed E-state index contributed by atoms with van der Waals surface area (Å²) in [6.45, 7) is 6.83. The van der Waals surface area contributed by atoms with Gasteiger partial charge in [0, 0.05) is 0 Å². The highest BCUT2D eigenvalue weighted by molar-refractivity contribution is 5.08. The van der Waals surface area contributed by atoms with Crippen LogP contribution in [0.25, 0.3) is 0 Å². The normalized spacial score (nSPS) is 53.5. The largest absolute Gasteiger partial charge is 0.375 e. The number of hydrogen-bond donors (Lipinski definition) is 0. The van der Waals surface area contributed by atoms with Crippen LogP contribution in [0.2, 0.25) is 0 Å². The lowest BCUT2D eigenvalue weighted by Gasteiger charge is -2.42. The van der Waals surface area contributed by atoms with Crippen molar-refractivity contribution in [3.05, 3.63) is 0 Å². The Kier molecular flexibility index (Phi) is 3.61. The third-order valence-electron chi connectivity index (χ3n) is 8.18. The van der Waals surface area contributed by atoms with E-state index in [4.69, 9.17) is 9.47 Å². The third-order valence-corrected chi connectivity index (χ3v) is 8.18. The van der Waals surface area contributed by atoms with Crippen molar-refractivity contribution >= 4 is 0 Å². The molecule has 4 aliphatic carbocycles. The van der Waals surface area contributed by atoms with Crippen molar-refractivity contribution in [2.75, 3.05) is 13.2 Å². The Morgan fingerprint density at radius 2 is 1.61 bits per heavy atom. The first-order chi connectivity index (χ1) is 11.1. The maximum absolute atomic E-state index is 6.37. The Labute approximate surface area is 141 Å². The monoisotopic (exact) mass is 318 g/mol. The van der Waals surface area contributed by atoms with Crippen molar-refractivity contribution in [1.82, 2.24) is 0 Å². The molecule has 1 saturated heterocycles. The fourth-order valence-electron chi connectivity index (χ4n) is 7.34. The molecule has 23 heavy (non-hydrogen) atoms. The molecule has 8 atom stereocenters. The number of rotatable bonds is 4.